The van der Waals surface area contributed by atoms with Gasteiger partial charge in [-0.05, 0) is 38.1 Å². The Morgan fingerprint density at radius 3 is 2.54 bits per heavy atom. The molecule has 2 aromatic rings. The highest BCUT2D eigenvalue weighted by Crippen LogP contribution is 2.48. The van der Waals surface area contributed by atoms with Gasteiger partial charge in [0.25, 0.3) is 0 Å². The second kappa shape index (κ2) is 12.9. The smallest absolute Gasteiger partial charge is 0.338 e. The average molecular weight is 551 g/mol. The zero-order valence-corrected chi connectivity index (χ0v) is 23.7. The van der Waals surface area contributed by atoms with E-state index in [9.17, 15) is 9.59 Å². The molecule has 206 valence electrons. The molecule has 2 aromatic carbocycles. The van der Waals surface area contributed by atoms with Gasteiger partial charge in [0, 0.05) is 24.4 Å². The van der Waals surface area contributed by atoms with Crippen LogP contribution in [0.25, 0.3) is 0 Å². The monoisotopic (exact) mass is 550 g/mol. The SMILES string of the molecule is COc1cccc([C@@H]2C(C(=O)OCc3ccccc3)=C(C)N=C3SC=C(CC(=O)NCCN(C)C)N32)c1OC. The highest BCUT2D eigenvalue weighted by Gasteiger charge is 2.42. The van der Waals surface area contributed by atoms with Crippen LogP contribution in [-0.2, 0) is 20.9 Å². The Labute approximate surface area is 233 Å². The lowest BCUT2D eigenvalue weighted by Crippen LogP contribution is -2.38. The number of hydrogen-bond acceptors (Lipinski definition) is 9. The fraction of sp³-hybridized carbons (Fsp3) is 0.345. The molecule has 0 aliphatic carbocycles. The van der Waals surface area contributed by atoms with Crippen LogP contribution in [0.2, 0.25) is 0 Å². The van der Waals surface area contributed by atoms with E-state index in [1.165, 1.54) is 11.8 Å². The number of esters is 1. The van der Waals surface area contributed by atoms with Gasteiger partial charge in [-0.1, -0.05) is 54.2 Å². The molecule has 0 saturated carbocycles. The standard InChI is InChI=1S/C29H34N4O5S/c1-19-25(28(35)38-17-20-10-7-6-8-11-20)26(22-12-9-13-23(36-4)27(22)37-5)33-21(18-39-29(33)31-19)16-24(34)30-14-15-32(2)3/h6-13,18,26H,14-17H2,1-5H3,(H,30,34)/t26-/m1/s1. The minimum atomic E-state index is -0.637. The number of amides is 1. The molecule has 1 N–H and O–H groups in total. The van der Waals surface area contributed by atoms with Crippen molar-refractivity contribution in [1.82, 2.24) is 15.1 Å². The molecular weight excluding hydrogens is 516 g/mol. The maximum atomic E-state index is 13.7. The van der Waals surface area contributed by atoms with Crippen molar-refractivity contribution < 1.29 is 23.8 Å². The number of rotatable bonds is 11. The van der Waals surface area contributed by atoms with E-state index in [1.807, 2.05) is 71.8 Å². The van der Waals surface area contributed by atoms with Crippen molar-refractivity contribution in [2.45, 2.75) is 26.0 Å². The second-order valence-electron chi connectivity index (χ2n) is 9.37. The number of ether oxygens (including phenoxy) is 3. The molecule has 0 radical (unpaired) electrons. The number of para-hydroxylation sites is 1. The summed E-state index contributed by atoms with van der Waals surface area (Å²) in [5, 5.41) is 5.56. The number of carbonyl (C=O) groups excluding carboxylic acids is 2. The molecule has 1 amide bonds. The number of carbonyl (C=O) groups is 2. The number of nitrogens with one attached hydrogen (secondary N) is 1. The zero-order chi connectivity index (χ0) is 27.9. The van der Waals surface area contributed by atoms with Crippen LogP contribution in [0.5, 0.6) is 11.5 Å². The van der Waals surface area contributed by atoms with Crippen LogP contribution in [-0.4, -0.2) is 68.2 Å². The molecule has 1 atom stereocenters. The van der Waals surface area contributed by atoms with Crippen LogP contribution in [0, 0.1) is 0 Å². The maximum absolute atomic E-state index is 13.7. The summed E-state index contributed by atoms with van der Waals surface area (Å²) in [6, 6.07) is 14.4. The van der Waals surface area contributed by atoms with E-state index in [2.05, 4.69) is 5.32 Å². The van der Waals surface area contributed by atoms with Crippen LogP contribution >= 0.6 is 11.8 Å². The van der Waals surface area contributed by atoms with E-state index in [-0.39, 0.29) is 18.9 Å². The maximum Gasteiger partial charge on any atom is 0.338 e. The molecule has 0 bridgehead atoms. The third kappa shape index (κ3) is 6.46. The highest BCUT2D eigenvalue weighted by molar-refractivity contribution is 8.16. The fourth-order valence-corrected chi connectivity index (χ4v) is 5.46. The molecule has 10 heteroatoms. The number of benzene rings is 2. The number of hydrogen-bond donors (Lipinski definition) is 1. The van der Waals surface area contributed by atoms with E-state index < -0.39 is 12.0 Å². The minimum absolute atomic E-state index is 0.110. The number of fused-ring (bicyclic) bond motifs is 1. The lowest BCUT2D eigenvalue weighted by Gasteiger charge is -2.37. The van der Waals surface area contributed by atoms with Gasteiger partial charge in [-0.15, -0.1) is 0 Å². The topological polar surface area (TPSA) is 92.7 Å². The first-order valence-corrected chi connectivity index (χ1v) is 13.5. The quantitative estimate of drug-likeness (QED) is 0.419. The first-order chi connectivity index (χ1) is 18.8. The molecule has 0 unspecified atom stereocenters. The second-order valence-corrected chi connectivity index (χ2v) is 10.2. The first-order valence-electron chi connectivity index (χ1n) is 12.6. The van der Waals surface area contributed by atoms with Crippen molar-refractivity contribution in [3.8, 4) is 11.5 Å². The molecule has 2 heterocycles. The van der Waals surface area contributed by atoms with E-state index in [0.29, 0.717) is 40.0 Å². The number of nitrogens with zero attached hydrogens (tertiary/aromatic N) is 3. The van der Waals surface area contributed by atoms with Gasteiger partial charge in [0.15, 0.2) is 16.7 Å². The largest absolute Gasteiger partial charge is 0.493 e. The first kappa shape index (κ1) is 28.3. The highest BCUT2D eigenvalue weighted by atomic mass is 32.2. The molecular formula is C29H34N4O5S. The predicted octanol–water partition coefficient (Wildman–Crippen LogP) is 4.09. The van der Waals surface area contributed by atoms with Crippen LogP contribution < -0.4 is 14.8 Å². The van der Waals surface area contributed by atoms with Gasteiger partial charge in [-0.25, -0.2) is 9.79 Å². The number of thioether (sulfide) groups is 1. The number of amidine groups is 1. The number of likely N-dealkylation sites (N-methyl/N-ethyl adjacent to an activating group) is 1. The summed E-state index contributed by atoms with van der Waals surface area (Å²) in [7, 11) is 7.05. The van der Waals surface area contributed by atoms with Gasteiger partial charge in [0.1, 0.15) is 6.61 Å². The van der Waals surface area contributed by atoms with Crippen LogP contribution in [0.15, 0.2) is 75.9 Å². The summed E-state index contributed by atoms with van der Waals surface area (Å²) in [5.74, 6) is 0.438. The van der Waals surface area contributed by atoms with Crippen LogP contribution in [0.4, 0.5) is 0 Å². The van der Waals surface area contributed by atoms with Crippen molar-refractivity contribution in [2.24, 2.45) is 4.99 Å². The Bertz CT molecular complexity index is 1310. The Hall–Kier alpha value is -3.76. The van der Waals surface area contributed by atoms with Crippen LogP contribution in [0.3, 0.4) is 0 Å². The number of aliphatic imine (C=N–C) groups is 1. The lowest BCUT2D eigenvalue weighted by molar-refractivity contribution is -0.141. The molecule has 0 aromatic heterocycles. The third-order valence-electron chi connectivity index (χ3n) is 6.38. The Balaban J connectivity index is 1.70. The van der Waals surface area contributed by atoms with E-state index in [4.69, 9.17) is 19.2 Å². The average Bonchev–Trinajstić information content (AvgIpc) is 3.32. The zero-order valence-electron chi connectivity index (χ0n) is 22.9. The van der Waals surface area contributed by atoms with Crippen molar-refractivity contribution in [3.05, 3.63) is 82.0 Å². The van der Waals surface area contributed by atoms with E-state index in [0.717, 1.165) is 17.8 Å². The number of allylic oxidation sites excluding steroid dienone is 1. The predicted molar refractivity (Wildman–Crippen MR) is 152 cm³/mol. The van der Waals surface area contributed by atoms with Crippen molar-refractivity contribution in [1.29, 1.82) is 0 Å². The molecule has 0 spiro atoms. The van der Waals surface area contributed by atoms with Crippen molar-refractivity contribution >= 4 is 28.8 Å². The third-order valence-corrected chi connectivity index (χ3v) is 7.27. The molecule has 2 aliphatic heterocycles. The van der Waals surface area contributed by atoms with Crippen molar-refractivity contribution in [2.75, 3.05) is 41.4 Å². The normalized spacial score (nSPS) is 16.5. The fourth-order valence-electron chi connectivity index (χ4n) is 4.50. The van der Waals surface area contributed by atoms with Crippen LogP contribution in [0.1, 0.15) is 30.5 Å². The molecule has 39 heavy (non-hydrogen) atoms. The Morgan fingerprint density at radius 1 is 1.08 bits per heavy atom. The summed E-state index contributed by atoms with van der Waals surface area (Å²) in [6.07, 6.45) is 0.133. The molecule has 9 nitrogen and oxygen atoms in total. The molecule has 0 saturated heterocycles. The van der Waals surface area contributed by atoms with E-state index >= 15 is 0 Å². The lowest BCUT2D eigenvalue weighted by atomic mass is 9.92. The minimum Gasteiger partial charge on any atom is -0.493 e. The summed E-state index contributed by atoms with van der Waals surface area (Å²) in [5.41, 5.74) is 3.24. The van der Waals surface area contributed by atoms with Gasteiger partial charge in [-0.3, -0.25) is 4.79 Å². The summed E-state index contributed by atoms with van der Waals surface area (Å²) < 4.78 is 17.1. The molecule has 2 aliphatic rings. The van der Waals surface area contributed by atoms with Gasteiger partial charge in [0.2, 0.25) is 5.91 Å². The van der Waals surface area contributed by atoms with Gasteiger partial charge >= 0.3 is 5.97 Å². The van der Waals surface area contributed by atoms with Gasteiger partial charge < -0.3 is 29.3 Å². The summed E-state index contributed by atoms with van der Waals surface area (Å²) in [4.78, 5) is 35.2. The van der Waals surface area contributed by atoms with Gasteiger partial charge in [0.05, 0.1) is 38.0 Å². The van der Waals surface area contributed by atoms with Crippen molar-refractivity contribution in [3.63, 3.8) is 0 Å². The van der Waals surface area contributed by atoms with Gasteiger partial charge in [-0.2, -0.15) is 0 Å². The Kier molecular flexibility index (Phi) is 9.32. The summed E-state index contributed by atoms with van der Waals surface area (Å²) >= 11 is 1.42. The number of methoxy groups -OCH3 is 2. The molecule has 4 rings (SSSR count). The summed E-state index contributed by atoms with van der Waals surface area (Å²) in [6.45, 7) is 3.20. The molecule has 0 fully saturated rings. The Morgan fingerprint density at radius 2 is 1.85 bits per heavy atom. The van der Waals surface area contributed by atoms with E-state index in [1.54, 1.807) is 27.2 Å².